The van der Waals surface area contributed by atoms with E-state index in [2.05, 4.69) is 15.2 Å². The molecule has 2 heterocycles. The van der Waals surface area contributed by atoms with E-state index in [1.807, 2.05) is 0 Å². The van der Waals surface area contributed by atoms with E-state index >= 15 is 0 Å². The van der Waals surface area contributed by atoms with Crippen LogP contribution in [-0.2, 0) is 21.4 Å². The van der Waals surface area contributed by atoms with Crippen LogP contribution in [0.3, 0.4) is 0 Å². The van der Waals surface area contributed by atoms with E-state index in [0.717, 1.165) is 30.5 Å². The normalized spacial score (nSPS) is 14.1. The van der Waals surface area contributed by atoms with Crippen molar-refractivity contribution in [3.63, 3.8) is 0 Å². The first-order valence-corrected chi connectivity index (χ1v) is 13.1. The summed E-state index contributed by atoms with van der Waals surface area (Å²) in [6.45, 7) is 5.24. The number of nitrogens with one attached hydrogen (secondary N) is 2. The van der Waals surface area contributed by atoms with Gasteiger partial charge in [-0.05, 0) is 43.2 Å². The van der Waals surface area contributed by atoms with Gasteiger partial charge in [0.2, 0.25) is 15.9 Å². The van der Waals surface area contributed by atoms with E-state index in [1.54, 1.807) is 50.2 Å². The molecule has 0 saturated carbocycles. The van der Waals surface area contributed by atoms with Crippen LogP contribution in [0.1, 0.15) is 26.7 Å². The van der Waals surface area contributed by atoms with Gasteiger partial charge in [0, 0.05) is 26.2 Å². The highest BCUT2D eigenvalue weighted by atomic mass is 32.2. The molecule has 4 rings (SSSR count). The quantitative estimate of drug-likeness (QED) is 0.488. The molecule has 1 amide bonds. The van der Waals surface area contributed by atoms with Crippen molar-refractivity contribution in [2.24, 2.45) is 0 Å². The fraction of sp³-hybridized carbons (Fsp3) is 0.375. The first-order valence-electron chi connectivity index (χ1n) is 11.7. The molecule has 0 spiro atoms. The summed E-state index contributed by atoms with van der Waals surface area (Å²) in [5.41, 5.74) is 0.160. The van der Waals surface area contributed by atoms with Gasteiger partial charge in [-0.1, -0.05) is 26.0 Å². The third kappa shape index (κ3) is 4.87. The summed E-state index contributed by atoms with van der Waals surface area (Å²) < 4.78 is 28.3. The Balaban J connectivity index is 1.69. The molecule has 0 atom stereocenters. The highest BCUT2D eigenvalue weighted by molar-refractivity contribution is 7.89. The van der Waals surface area contributed by atoms with Crippen LogP contribution in [0, 0.1) is 0 Å². The molecule has 3 aromatic rings. The number of amides is 1. The molecule has 2 aromatic carbocycles. The molecule has 1 aliphatic rings. The lowest BCUT2D eigenvalue weighted by Gasteiger charge is -2.24. The number of sulfonamides is 1. The lowest BCUT2D eigenvalue weighted by atomic mass is 10.2. The van der Waals surface area contributed by atoms with Crippen LogP contribution in [0.25, 0.3) is 10.9 Å². The molecule has 1 fully saturated rings. The molecule has 1 aromatic heterocycles. The number of aromatic nitrogens is 2. The van der Waals surface area contributed by atoms with Gasteiger partial charge in [0.1, 0.15) is 6.54 Å². The Kier molecular flexibility index (Phi) is 7.08. The molecule has 2 N–H and O–H groups in total. The smallest absolute Gasteiger partial charge is 0.329 e. The van der Waals surface area contributed by atoms with Crippen LogP contribution >= 0.6 is 0 Å². The number of carbonyl (C=O) groups is 1. The summed E-state index contributed by atoms with van der Waals surface area (Å²) in [5.74, 6) is -0.606. The SMILES string of the molecule is CCN(CC)S(=O)(=O)c1ccc(N2CCCC2)c(NC(=O)Cn2c(=O)[nH]c3ccccc3c2=O)c1. The number of benzene rings is 2. The molecule has 10 nitrogen and oxygen atoms in total. The highest BCUT2D eigenvalue weighted by Crippen LogP contribution is 2.32. The standard InChI is InChI=1S/C24H29N5O5S/c1-3-28(4-2)35(33,34)17-11-12-21(27-13-7-8-14-27)20(15-17)25-22(30)16-29-23(31)18-9-5-6-10-19(18)26-24(29)32/h5-6,9-12,15H,3-4,7-8,13-14,16H2,1-2H3,(H,25,30)(H,26,32). The summed E-state index contributed by atoms with van der Waals surface area (Å²) in [4.78, 5) is 43.0. The first kappa shape index (κ1) is 24.7. The van der Waals surface area contributed by atoms with Gasteiger partial charge in [0.25, 0.3) is 5.56 Å². The lowest BCUT2D eigenvalue weighted by Crippen LogP contribution is -2.38. The predicted octanol–water partition coefficient (Wildman–Crippen LogP) is 1.96. The third-order valence-electron chi connectivity index (χ3n) is 6.22. The molecule has 0 radical (unpaired) electrons. The lowest BCUT2D eigenvalue weighted by molar-refractivity contribution is -0.116. The maximum Gasteiger partial charge on any atom is 0.329 e. The second-order valence-corrected chi connectivity index (χ2v) is 10.3. The maximum absolute atomic E-state index is 13.1. The largest absolute Gasteiger partial charge is 0.370 e. The van der Waals surface area contributed by atoms with E-state index in [9.17, 15) is 22.8 Å². The van der Waals surface area contributed by atoms with Gasteiger partial charge < -0.3 is 15.2 Å². The minimum atomic E-state index is -3.74. The minimum Gasteiger partial charge on any atom is -0.370 e. The average Bonchev–Trinajstić information content (AvgIpc) is 3.37. The second-order valence-electron chi connectivity index (χ2n) is 8.38. The van der Waals surface area contributed by atoms with Crippen molar-refractivity contribution in [2.45, 2.75) is 38.1 Å². The second kappa shape index (κ2) is 10.0. The molecule has 1 saturated heterocycles. The Hall–Kier alpha value is -3.44. The van der Waals surface area contributed by atoms with Gasteiger partial charge >= 0.3 is 5.69 Å². The Morgan fingerprint density at radius 2 is 1.74 bits per heavy atom. The Morgan fingerprint density at radius 3 is 2.43 bits per heavy atom. The molecule has 0 aliphatic carbocycles. The first-order chi connectivity index (χ1) is 16.8. The van der Waals surface area contributed by atoms with Crippen molar-refractivity contribution in [2.75, 3.05) is 36.4 Å². The fourth-order valence-corrected chi connectivity index (χ4v) is 5.88. The topological polar surface area (TPSA) is 125 Å². The van der Waals surface area contributed by atoms with E-state index in [-0.39, 0.29) is 4.90 Å². The number of fused-ring (bicyclic) bond motifs is 1. The minimum absolute atomic E-state index is 0.0696. The number of para-hydroxylation sites is 1. The summed E-state index contributed by atoms with van der Waals surface area (Å²) in [6.07, 6.45) is 1.99. The number of aromatic amines is 1. The number of rotatable bonds is 8. The van der Waals surface area contributed by atoms with Gasteiger partial charge in [-0.15, -0.1) is 0 Å². The Bertz CT molecular complexity index is 1470. The molecule has 35 heavy (non-hydrogen) atoms. The van der Waals surface area contributed by atoms with Gasteiger partial charge in [0.05, 0.1) is 27.2 Å². The molecular weight excluding hydrogens is 470 g/mol. The van der Waals surface area contributed by atoms with Gasteiger partial charge in [-0.2, -0.15) is 4.31 Å². The monoisotopic (exact) mass is 499 g/mol. The van der Waals surface area contributed by atoms with E-state index in [0.29, 0.717) is 35.4 Å². The van der Waals surface area contributed by atoms with Crippen molar-refractivity contribution in [3.05, 3.63) is 63.3 Å². The van der Waals surface area contributed by atoms with Gasteiger partial charge in [0.15, 0.2) is 0 Å². The van der Waals surface area contributed by atoms with Gasteiger partial charge in [-0.3, -0.25) is 14.2 Å². The van der Waals surface area contributed by atoms with E-state index in [4.69, 9.17) is 0 Å². The third-order valence-corrected chi connectivity index (χ3v) is 8.27. The van der Waals surface area contributed by atoms with Crippen LogP contribution in [0.4, 0.5) is 11.4 Å². The molecule has 186 valence electrons. The summed E-state index contributed by atoms with van der Waals surface area (Å²) >= 11 is 0. The average molecular weight is 500 g/mol. The maximum atomic E-state index is 13.1. The van der Waals surface area contributed by atoms with Crippen LogP contribution in [0.15, 0.2) is 56.9 Å². The van der Waals surface area contributed by atoms with E-state index < -0.39 is 33.7 Å². The predicted molar refractivity (Wildman–Crippen MR) is 135 cm³/mol. The van der Waals surface area contributed by atoms with Crippen LogP contribution < -0.4 is 21.5 Å². The van der Waals surface area contributed by atoms with Crippen LogP contribution in [-0.4, -0.2) is 54.4 Å². The summed E-state index contributed by atoms with van der Waals surface area (Å²) in [5, 5.41) is 3.05. The molecule has 1 aliphatic heterocycles. The molecule has 11 heteroatoms. The van der Waals surface area contributed by atoms with Crippen molar-refractivity contribution < 1.29 is 13.2 Å². The van der Waals surface area contributed by atoms with Crippen molar-refractivity contribution >= 4 is 38.2 Å². The summed E-state index contributed by atoms with van der Waals surface area (Å²) in [6, 6.07) is 11.3. The number of hydrogen-bond acceptors (Lipinski definition) is 6. The zero-order chi connectivity index (χ0) is 25.2. The Morgan fingerprint density at radius 1 is 1.06 bits per heavy atom. The highest BCUT2D eigenvalue weighted by Gasteiger charge is 2.25. The van der Waals surface area contributed by atoms with Crippen molar-refractivity contribution in [1.82, 2.24) is 13.9 Å². The molecule has 0 unspecified atom stereocenters. The molecular formula is C24H29N5O5S. The summed E-state index contributed by atoms with van der Waals surface area (Å²) in [7, 11) is -3.74. The molecule has 0 bridgehead atoms. The number of H-pyrrole nitrogens is 1. The van der Waals surface area contributed by atoms with E-state index in [1.165, 1.54) is 10.4 Å². The number of carbonyl (C=O) groups excluding carboxylic acids is 1. The van der Waals surface area contributed by atoms with Crippen LogP contribution in [0.2, 0.25) is 0 Å². The number of nitrogens with zero attached hydrogens (tertiary/aromatic N) is 3. The number of anilines is 2. The van der Waals surface area contributed by atoms with Gasteiger partial charge in [-0.25, -0.2) is 13.2 Å². The Labute approximate surface area is 203 Å². The van der Waals surface area contributed by atoms with Crippen molar-refractivity contribution in [1.29, 1.82) is 0 Å². The van der Waals surface area contributed by atoms with Crippen LogP contribution in [0.5, 0.6) is 0 Å². The zero-order valence-electron chi connectivity index (χ0n) is 19.8. The fourth-order valence-electron chi connectivity index (χ4n) is 4.40. The van der Waals surface area contributed by atoms with Crippen molar-refractivity contribution in [3.8, 4) is 0 Å². The zero-order valence-corrected chi connectivity index (χ0v) is 20.6. The number of hydrogen-bond donors (Lipinski definition) is 2.